The number of hydrogen-bond acceptors (Lipinski definition) is 5. The van der Waals surface area contributed by atoms with Gasteiger partial charge < -0.3 is 33.2 Å². The molecule has 8 nitrogen and oxygen atoms in total. The van der Waals surface area contributed by atoms with Crippen molar-refractivity contribution in [1.29, 1.82) is 0 Å². The van der Waals surface area contributed by atoms with Crippen LogP contribution in [0.4, 0.5) is 13.2 Å². The molecule has 0 aliphatic rings. The van der Waals surface area contributed by atoms with E-state index in [2.05, 4.69) is 0 Å². The molecule has 0 saturated heterocycles. The van der Waals surface area contributed by atoms with Gasteiger partial charge in [-0.05, 0) is 0 Å². The van der Waals surface area contributed by atoms with Gasteiger partial charge in [-0.3, -0.25) is 0 Å². The van der Waals surface area contributed by atoms with Crippen molar-refractivity contribution in [2.75, 3.05) is 13.2 Å². The minimum atomic E-state index is -6.09. The van der Waals surface area contributed by atoms with E-state index in [1.807, 2.05) is 0 Å². The lowest BCUT2D eigenvalue weighted by Crippen LogP contribution is -2.21. The van der Waals surface area contributed by atoms with Crippen LogP contribution in [0.15, 0.2) is 0 Å². The topological polar surface area (TPSA) is 213 Å². The summed E-state index contributed by atoms with van der Waals surface area (Å²) in [7, 11) is -6.09. The highest BCUT2D eigenvalue weighted by Gasteiger charge is 2.36. The summed E-state index contributed by atoms with van der Waals surface area (Å²) in [6.07, 6.45) is 0. The fourth-order valence-electron chi connectivity index (χ4n) is 0. The van der Waals surface area contributed by atoms with Gasteiger partial charge in [0.15, 0.2) is 10.1 Å². The molecule has 0 radical (unpaired) electrons. The van der Waals surface area contributed by atoms with Crippen LogP contribution >= 0.6 is 0 Å². The molecule has 114 valence electrons. The lowest BCUT2D eigenvalue weighted by atomic mass is 10.9. The Hall–Kier alpha value is -0.500. The van der Waals surface area contributed by atoms with Gasteiger partial charge in [-0.2, -0.15) is 13.2 Å². The standard InChI is InChI=1S/2C2H5O.CHF3O3S.3H3N/c2*1-2-3;2-1(3,4)8(5,6)7;;;/h2*2H2,1H3;(H,5,6,7);3*1H3/q2*-1;;;;/p+2. The van der Waals surface area contributed by atoms with Crippen molar-refractivity contribution in [1.82, 2.24) is 18.5 Å². The molecule has 0 aromatic carbocycles. The van der Waals surface area contributed by atoms with Crippen LogP contribution in [0.5, 0.6) is 0 Å². The number of rotatable bonds is 0. The van der Waals surface area contributed by atoms with Crippen molar-refractivity contribution in [2.24, 2.45) is 0 Å². The average Bonchev–Trinajstić information content (AvgIpc) is 1.85. The lowest BCUT2D eigenvalue weighted by molar-refractivity contribution is -0.362. The lowest BCUT2D eigenvalue weighted by Gasteiger charge is -2.08. The average molecular weight is 293 g/mol. The molecule has 0 amide bonds. The monoisotopic (exact) mass is 293 g/mol. The van der Waals surface area contributed by atoms with Crippen LogP contribution < -0.4 is 28.7 Å². The summed E-state index contributed by atoms with van der Waals surface area (Å²) in [4.78, 5) is 0. The van der Waals surface area contributed by atoms with Gasteiger partial charge >= 0.3 is 5.51 Å². The fourth-order valence-corrected chi connectivity index (χ4v) is 0. The largest absolute Gasteiger partial charge is 0.855 e. The summed E-state index contributed by atoms with van der Waals surface area (Å²) in [5, 5.41) is 17.9. The van der Waals surface area contributed by atoms with Crippen LogP contribution in [0, 0.1) is 0 Å². The molecule has 0 saturated carbocycles. The molecule has 0 atom stereocenters. The van der Waals surface area contributed by atoms with Crippen LogP contribution in [-0.2, 0) is 10.1 Å². The first-order chi connectivity index (χ1) is 6.08. The zero-order chi connectivity index (χ0) is 12.4. The van der Waals surface area contributed by atoms with Crippen molar-refractivity contribution in [3.8, 4) is 0 Å². The van der Waals surface area contributed by atoms with E-state index in [1.165, 1.54) is 0 Å². The SMILES string of the molecule is CC[O-].CC[O-].O=S(=O)([O-])C(F)(F)F.[NH4+].[NH4+].[NH4+]. The van der Waals surface area contributed by atoms with Gasteiger partial charge in [0.1, 0.15) is 0 Å². The van der Waals surface area contributed by atoms with Gasteiger partial charge in [0.2, 0.25) is 0 Å². The van der Waals surface area contributed by atoms with Crippen LogP contribution in [-0.4, -0.2) is 31.7 Å². The van der Waals surface area contributed by atoms with Crippen LogP contribution in [0.2, 0.25) is 0 Å². The summed E-state index contributed by atoms with van der Waals surface area (Å²) in [5.41, 5.74) is -5.65. The maximum absolute atomic E-state index is 10.7. The maximum Gasteiger partial charge on any atom is 0.485 e. The number of halogens is 3. The van der Waals surface area contributed by atoms with Gasteiger partial charge in [0, 0.05) is 0 Å². The van der Waals surface area contributed by atoms with E-state index >= 15 is 0 Å². The zero-order valence-electron chi connectivity index (χ0n) is 10.5. The molecular formula is C5H22F3N3O5S. The van der Waals surface area contributed by atoms with Crippen LogP contribution in [0.1, 0.15) is 13.8 Å². The quantitative estimate of drug-likeness (QED) is 0.411. The molecule has 0 spiro atoms. The molecule has 0 fully saturated rings. The number of alkyl halides is 3. The third-order valence-electron chi connectivity index (χ3n) is 0.283. The molecule has 12 heteroatoms. The van der Waals surface area contributed by atoms with E-state index in [1.54, 1.807) is 13.8 Å². The van der Waals surface area contributed by atoms with Crippen LogP contribution in [0.25, 0.3) is 0 Å². The maximum atomic E-state index is 10.7. The summed E-state index contributed by atoms with van der Waals surface area (Å²) < 4.78 is 58.9. The summed E-state index contributed by atoms with van der Waals surface area (Å²) in [6.45, 7) is 3.14. The van der Waals surface area contributed by atoms with Crippen molar-refractivity contribution < 1.29 is 36.4 Å². The van der Waals surface area contributed by atoms with Crippen molar-refractivity contribution in [3.63, 3.8) is 0 Å². The summed E-state index contributed by atoms with van der Waals surface area (Å²) in [5.74, 6) is 0. The Morgan fingerprint density at radius 3 is 1.00 bits per heavy atom. The number of hydrogen-bond donors (Lipinski definition) is 3. The fraction of sp³-hybridized carbons (Fsp3) is 1.00. The van der Waals surface area contributed by atoms with E-state index in [0.29, 0.717) is 0 Å². The predicted octanol–water partition coefficient (Wildman–Crippen LogP) is -0.0868. The molecule has 0 rings (SSSR count). The van der Waals surface area contributed by atoms with E-state index < -0.39 is 15.6 Å². The predicted molar refractivity (Wildman–Crippen MR) is 54.8 cm³/mol. The second-order valence-electron chi connectivity index (χ2n) is 1.48. The summed E-state index contributed by atoms with van der Waals surface area (Å²) in [6, 6.07) is 0. The van der Waals surface area contributed by atoms with Gasteiger partial charge in [0.25, 0.3) is 0 Å². The highest BCUT2D eigenvalue weighted by molar-refractivity contribution is 7.86. The summed E-state index contributed by atoms with van der Waals surface area (Å²) >= 11 is 0. The molecule has 0 aliphatic heterocycles. The van der Waals surface area contributed by atoms with Gasteiger partial charge in [-0.15, -0.1) is 13.2 Å². The van der Waals surface area contributed by atoms with Crippen molar-refractivity contribution >= 4 is 10.1 Å². The Balaban J connectivity index is -0.0000000292. The molecule has 0 heterocycles. The third-order valence-corrected chi connectivity index (χ3v) is 0.850. The van der Waals surface area contributed by atoms with Gasteiger partial charge in [-0.25, -0.2) is 8.42 Å². The minimum absolute atomic E-state index is 0. The first-order valence-electron chi connectivity index (χ1n) is 3.26. The Kier molecular flexibility index (Phi) is 37.8. The molecule has 12 N–H and O–H groups in total. The number of quaternary nitrogens is 3. The molecule has 0 aromatic rings. The highest BCUT2D eigenvalue weighted by atomic mass is 32.2. The van der Waals surface area contributed by atoms with E-state index in [4.69, 9.17) is 23.2 Å². The Morgan fingerprint density at radius 1 is 0.941 bits per heavy atom. The Bertz CT molecular complexity index is 207. The zero-order valence-corrected chi connectivity index (χ0v) is 11.3. The second-order valence-corrected chi connectivity index (χ2v) is 2.85. The molecule has 17 heavy (non-hydrogen) atoms. The minimum Gasteiger partial charge on any atom is -0.855 e. The van der Waals surface area contributed by atoms with Gasteiger partial charge in [0.05, 0.1) is 0 Å². The first kappa shape index (κ1) is 36.0. The van der Waals surface area contributed by atoms with Crippen LogP contribution in [0.3, 0.4) is 0 Å². The Labute approximate surface area is 98.3 Å². The first-order valence-corrected chi connectivity index (χ1v) is 4.67. The second kappa shape index (κ2) is 17.9. The third kappa shape index (κ3) is 39.1. The Morgan fingerprint density at radius 2 is 1.00 bits per heavy atom. The van der Waals surface area contributed by atoms with Gasteiger partial charge in [-0.1, -0.05) is 13.8 Å². The highest BCUT2D eigenvalue weighted by Crippen LogP contribution is 2.20. The molecule has 0 aromatic heterocycles. The normalized spacial score (nSPS) is 8.71. The molecular weight excluding hydrogens is 271 g/mol. The van der Waals surface area contributed by atoms with Crippen molar-refractivity contribution in [2.45, 2.75) is 19.4 Å². The molecule has 0 unspecified atom stereocenters. The van der Waals surface area contributed by atoms with Crippen molar-refractivity contribution in [3.05, 3.63) is 0 Å². The molecule has 0 aliphatic carbocycles. The molecule has 0 bridgehead atoms. The smallest absolute Gasteiger partial charge is 0.485 e. The van der Waals surface area contributed by atoms with E-state index in [0.717, 1.165) is 0 Å². The van der Waals surface area contributed by atoms with E-state index in [9.17, 15) is 13.2 Å². The van der Waals surface area contributed by atoms with E-state index in [-0.39, 0.29) is 31.7 Å².